The van der Waals surface area contributed by atoms with Crippen molar-refractivity contribution in [3.05, 3.63) is 54.2 Å². The normalized spacial score (nSPS) is 11.7. The SMILES string of the molecule is COCCN(Cc1ccco1)C(=O)CCCN(C)S(=O)(=O)c1ccc(F)cc1. The average Bonchev–Trinajstić information content (AvgIpc) is 3.18. The van der Waals surface area contributed by atoms with Crippen LogP contribution in [-0.4, -0.2) is 57.4 Å². The van der Waals surface area contributed by atoms with Crippen LogP contribution in [0.5, 0.6) is 0 Å². The summed E-state index contributed by atoms with van der Waals surface area (Å²) in [5.41, 5.74) is 0. The van der Waals surface area contributed by atoms with E-state index < -0.39 is 15.8 Å². The number of carbonyl (C=O) groups excluding carboxylic acids is 1. The molecule has 9 heteroatoms. The number of sulfonamides is 1. The molecular formula is C19H25FN2O5S. The Hall–Kier alpha value is -2.23. The molecule has 0 saturated carbocycles. The fourth-order valence-corrected chi connectivity index (χ4v) is 3.81. The van der Waals surface area contributed by atoms with Crippen molar-refractivity contribution < 1.29 is 26.8 Å². The molecule has 0 aliphatic heterocycles. The Balaban J connectivity index is 1.90. The summed E-state index contributed by atoms with van der Waals surface area (Å²) in [5.74, 6) is 0.0568. The van der Waals surface area contributed by atoms with E-state index in [0.717, 1.165) is 12.1 Å². The van der Waals surface area contributed by atoms with Gasteiger partial charge in [0.2, 0.25) is 15.9 Å². The van der Waals surface area contributed by atoms with E-state index in [1.54, 1.807) is 30.4 Å². The van der Waals surface area contributed by atoms with E-state index >= 15 is 0 Å². The summed E-state index contributed by atoms with van der Waals surface area (Å²) in [6, 6.07) is 8.20. The first-order chi connectivity index (χ1) is 13.3. The van der Waals surface area contributed by atoms with Crippen molar-refractivity contribution in [1.29, 1.82) is 0 Å². The second-order valence-electron chi connectivity index (χ2n) is 6.27. The van der Waals surface area contributed by atoms with Gasteiger partial charge in [-0.15, -0.1) is 0 Å². The highest BCUT2D eigenvalue weighted by Gasteiger charge is 2.21. The van der Waals surface area contributed by atoms with Gasteiger partial charge in [0.25, 0.3) is 0 Å². The zero-order valence-corrected chi connectivity index (χ0v) is 16.8. The standard InChI is InChI=1S/C19H25FN2O5S/c1-21(28(24,25)18-9-7-16(20)8-10-18)11-3-6-19(23)22(12-14-26-2)15-17-5-4-13-27-17/h4-5,7-10,13H,3,6,11-12,14-15H2,1-2H3. The lowest BCUT2D eigenvalue weighted by molar-refractivity contribution is -0.132. The van der Waals surface area contributed by atoms with E-state index in [-0.39, 0.29) is 23.8 Å². The number of carbonyl (C=O) groups is 1. The van der Waals surface area contributed by atoms with Crippen molar-refractivity contribution in [2.75, 3.05) is 33.9 Å². The summed E-state index contributed by atoms with van der Waals surface area (Å²) >= 11 is 0. The number of amides is 1. The van der Waals surface area contributed by atoms with Gasteiger partial charge in [-0.05, 0) is 42.8 Å². The molecule has 2 aromatic rings. The fourth-order valence-electron chi connectivity index (χ4n) is 2.60. The van der Waals surface area contributed by atoms with Crippen LogP contribution in [0.2, 0.25) is 0 Å². The van der Waals surface area contributed by atoms with Gasteiger partial charge in [-0.2, -0.15) is 0 Å². The zero-order valence-electron chi connectivity index (χ0n) is 16.0. The van der Waals surface area contributed by atoms with Gasteiger partial charge in [0.15, 0.2) is 0 Å². The molecule has 0 saturated heterocycles. The third-order valence-corrected chi connectivity index (χ3v) is 6.10. The summed E-state index contributed by atoms with van der Waals surface area (Å²) in [6.07, 6.45) is 2.09. The number of rotatable bonds is 11. The minimum atomic E-state index is -3.72. The Bertz CT molecular complexity index is 838. The quantitative estimate of drug-likeness (QED) is 0.567. The Morgan fingerprint density at radius 3 is 2.50 bits per heavy atom. The highest BCUT2D eigenvalue weighted by molar-refractivity contribution is 7.89. The van der Waals surface area contributed by atoms with E-state index in [1.165, 1.54) is 23.5 Å². The lowest BCUT2D eigenvalue weighted by Crippen LogP contribution is -2.34. The van der Waals surface area contributed by atoms with E-state index in [2.05, 4.69) is 0 Å². The highest BCUT2D eigenvalue weighted by Crippen LogP contribution is 2.16. The molecule has 0 fully saturated rings. The Morgan fingerprint density at radius 2 is 1.89 bits per heavy atom. The predicted octanol–water partition coefficient (Wildman–Crippen LogP) is 2.49. The maximum atomic E-state index is 13.0. The highest BCUT2D eigenvalue weighted by atomic mass is 32.2. The molecule has 1 amide bonds. The van der Waals surface area contributed by atoms with Crippen LogP contribution in [0.15, 0.2) is 52.0 Å². The summed E-state index contributed by atoms with van der Waals surface area (Å²) < 4.78 is 49.5. The third kappa shape index (κ3) is 6.15. The lowest BCUT2D eigenvalue weighted by Gasteiger charge is -2.22. The van der Waals surface area contributed by atoms with Crippen LogP contribution in [0.3, 0.4) is 0 Å². The second kappa shape index (κ2) is 10.4. The van der Waals surface area contributed by atoms with Crippen molar-refractivity contribution >= 4 is 15.9 Å². The van der Waals surface area contributed by atoms with Gasteiger partial charge in [-0.25, -0.2) is 17.1 Å². The fraction of sp³-hybridized carbons (Fsp3) is 0.421. The van der Waals surface area contributed by atoms with Crippen molar-refractivity contribution in [1.82, 2.24) is 9.21 Å². The Morgan fingerprint density at radius 1 is 1.18 bits per heavy atom. The van der Waals surface area contributed by atoms with E-state index in [0.29, 0.717) is 31.9 Å². The molecule has 28 heavy (non-hydrogen) atoms. The first kappa shape index (κ1) is 22.1. The third-order valence-electron chi connectivity index (χ3n) is 4.23. The zero-order chi connectivity index (χ0) is 20.6. The van der Waals surface area contributed by atoms with Gasteiger partial charge in [0, 0.05) is 33.7 Å². The number of hydrogen-bond donors (Lipinski definition) is 0. The summed E-state index contributed by atoms with van der Waals surface area (Å²) in [6.45, 7) is 1.31. The van der Waals surface area contributed by atoms with Crippen molar-refractivity contribution in [2.45, 2.75) is 24.3 Å². The molecule has 1 aromatic heterocycles. The molecule has 0 spiro atoms. The van der Waals surface area contributed by atoms with Crippen LogP contribution in [-0.2, 0) is 26.1 Å². The van der Waals surface area contributed by atoms with Gasteiger partial charge < -0.3 is 14.1 Å². The molecule has 0 unspecified atom stereocenters. The predicted molar refractivity (Wildman–Crippen MR) is 101 cm³/mol. The summed E-state index contributed by atoms with van der Waals surface area (Å²) in [5, 5.41) is 0. The largest absolute Gasteiger partial charge is 0.467 e. The van der Waals surface area contributed by atoms with Crippen molar-refractivity contribution in [3.63, 3.8) is 0 Å². The van der Waals surface area contributed by atoms with Crippen LogP contribution < -0.4 is 0 Å². The van der Waals surface area contributed by atoms with Gasteiger partial charge in [-0.3, -0.25) is 4.79 Å². The number of furan rings is 1. The first-order valence-corrected chi connectivity index (χ1v) is 10.3. The van der Waals surface area contributed by atoms with E-state index in [1.807, 2.05) is 0 Å². The number of benzene rings is 1. The van der Waals surface area contributed by atoms with Crippen molar-refractivity contribution in [2.24, 2.45) is 0 Å². The molecule has 0 radical (unpaired) electrons. The van der Waals surface area contributed by atoms with Crippen LogP contribution in [0.1, 0.15) is 18.6 Å². The van der Waals surface area contributed by atoms with Gasteiger partial charge in [0.05, 0.1) is 24.3 Å². The average molecular weight is 412 g/mol. The molecule has 2 rings (SSSR count). The first-order valence-electron chi connectivity index (χ1n) is 8.85. The van der Waals surface area contributed by atoms with E-state index in [4.69, 9.17) is 9.15 Å². The number of methoxy groups -OCH3 is 1. The van der Waals surface area contributed by atoms with Gasteiger partial charge in [0.1, 0.15) is 11.6 Å². The van der Waals surface area contributed by atoms with Crippen molar-refractivity contribution in [3.8, 4) is 0 Å². The van der Waals surface area contributed by atoms with Gasteiger partial charge >= 0.3 is 0 Å². The van der Waals surface area contributed by atoms with Gasteiger partial charge in [-0.1, -0.05) is 0 Å². The summed E-state index contributed by atoms with van der Waals surface area (Å²) in [7, 11) is -0.723. The number of ether oxygens (including phenoxy) is 1. The molecular weight excluding hydrogens is 387 g/mol. The Kier molecular flexibility index (Phi) is 8.16. The molecule has 0 aliphatic rings. The maximum absolute atomic E-state index is 13.0. The topological polar surface area (TPSA) is 80.1 Å². The minimum absolute atomic E-state index is 0.0160. The number of hydrogen-bond acceptors (Lipinski definition) is 5. The molecule has 1 heterocycles. The maximum Gasteiger partial charge on any atom is 0.242 e. The van der Waals surface area contributed by atoms with Crippen LogP contribution >= 0.6 is 0 Å². The monoisotopic (exact) mass is 412 g/mol. The molecule has 0 bridgehead atoms. The second-order valence-corrected chi connectivity index (χ2v) is 8.32. The van der Waals surface area contributed by atoms with Crippen LogP contribution in [0, 0.1) is 5.82 Å². The molecule has 1 aromatic carbocycles. The molecule has 0 N–H and O–H groups in total. The van der Waals surface area contributed by atoms with E-state index in [9.17, 15) is 17.6 Å². The number of halogens is 1. The lowest BCUT2D eigenvalue weighted by atomic mass is 10.2. The molecule has 0 aliphatic carbocycles. The molecule has 154 valence electrons. The minimum Gasteiger partial charge on any atom is -0.467 e. The smallest absolute Gasteiger partial charge is 0.242 e. The Labute approximate surface area is 164 Å². The molecule has 7 nitrogen and oxygen atoms in total. The van der Waals surface area contributed by atoms with Crippen LogP contribution in [0.4, 0.5) is 4.39 Å². The summed E-state index contributed by atoms with van der Waals surface area (Å²) in [4.78, 5) is 14.2. The number of nitrogens with zero attached hydrogens (tertiary/aromatic N) is 2. The molecule has 0 atom stereocenters. The van der Waals surface area contributed by atoms with Crippen LogP contribution in [0.25, 0.3) is 0 Å².